The van der Waals surface area contributed by atoms with Gasteiger partial charge >= 0.3 is 13.6 Å². The fourth-order valence-electron chi connectivity index (χ4n) is 1.36. The Balaban J connectivity index is 3.64. The van der Waals surface area contributed by atoms with Gasteiger partial charge in [-0.2, -0.15) is 0 Å². The molecule has 0 heterocycles. The maximum absolute atomic E-state index is 11.4. The molecule has 2 unspecified atom stereocenters. The molecule has 0 aliphatic rings. The van der Waals surface area contributed by atoms with Gasteiger partial charge in [-0.15, -0.1) is 0 Å². The molecule has 0 aromatic carbocycles. The molecule has 0 saturated carbocycles. The Bertz CT molecular complexity index is 282. The van der Waals surface area contributed by atoms with Gasteiger partial charge in [-0.3, -0.25) is 9.36 Å². The van der Waals surface area contributed by atoms with Crippen molar-refractivity contribution in [1.29, 1.82) is 0 Å². The zero-order chi connectivity index (χ0) is 13.5. The van der Waals surface area contributed by atoms with E-state index in [2.05, 4.69) is 0 Å². The molecule has 6 nitrogen and oxygen atoms in total. The first-order chi connectivity index (χ1) is 7.74. The van der Waals surface area contributed by atoms with Crippen molar-refractivity contribution in [2.75, 3.05) is 6.16 Å². The summed E-state index contributed by atoms with van der Waals surface area (Å²) in [5, 5.41) is 8.54. The lowest BCUT2D eigenvalue weighted by Gasteiger charge is -2.14. The first-order valence-electron chi connectivity index (χ1n) is 5.73. The fraction of sp³-hybridized carbons (Fsp3) is 0.900. The van der Waals surface area contributed by atoms with Crippen LogP contribution in [0.15, 0.2) is 0 Å². The molecule has 0 aromatic heterocycles. The second-order valence-corrected chi connectivity index (χ2v) is 6.24. The summed E-state index contributed by atoms with van der Waals surface area (Å²) in [5.41, 5.74) is 5.32. The highest BCUT2D eigenvalue weighted by atomic mass is 31.2. The number of rotatable bonds is 9. The number of nitrogens with two attached hydrogens (primary N) is 1. The first-order valence-corrected chi connectivity index (χ1v) is 7.49. The van der Waals surface area contributed by atoms with Crippen LogP contribution in [-0.2, 0) is 13.9 Å². The zero-order valence-electron chi connectivity index (χ0n) is 10.3. The van der Waals surface area contributed by atoms with E-state index < -0.39 is 19.6 Å². The Kier molecular flexibility index (Phi) is 7.63. The predicted octanol–water partition coefficient (Wildman–Crippen LogP) is 1.57. The SMILES string of the molecule is CC(C)OP(=O)(O)CCCCCC(N)C(=O)O. The first kappa shape index (κ1) is 16.6. The minimum atomic E-state index is -3.48. The lowest BCUT2D eigenvalue weighted by Crippen LogP contribution is -2.29. The maximum atomic E-state index is 11.4. The second-order valence-electron chi connectivity index (χ2n) is 4.31. The van der Waals surface area contributed by atoms with Crippen molar-refractivity contribution in [2.45, 2.75) is 51.7 Å². The molecule has 7 heteroatoms. The van der Waals surface area contributed by atoms with Crippen LogP contribution >= 0.6 is 7.60 Å². The topological polar surface area (TPSA) is 110 Å². The van der Waals surface area contributed by atoms with Crippen molar-refractivity contribution in [2.24, 2.45) is 5.73 Å². The molecular weight excluding hydrogens is 245 g/mol. The molecule has 102 valence electrons. The predicted molar refractivity (Wildman–Crippen MR) is 65.0 cm³/mol. The van der Waals surface area contributed by atoms with Gasteiger partial charge in [0.25, 0.3) is 0 Å². The van der Waals surface area contributed by atoms with Crippen LogP contribution in [0.5, 0.6) is 0 Å². The van der Waals surface area contributed by atoms with Crippen LogP contribution in [-0.4, -0.2) is 34.3 Å². The van der Waals surface area contributed by atoms with Gasteiger partial charge in [0.05, 0.1) is 6.10 Å². The molecule has 0 aliphatic carbocycles. The highest BCUT2D eigenvalue weighted by molar-refractivity contribution is 7.52. The summed E-state index contributed by atoms with van der Waals surface area (Å²) in [5.74, 6) is -1.01. The van der Waals surface area contributed by atoms with E-state index in [4.69, 9.17) is 15.4 Å². The molecule has 17 heavy (non-hydrogen) atoms. The van der Waals surface area contributed by atoms with Gasteiger partial charge in [0.2, 0.25) is 0 Å². The van der Waals surface area contributed by atoms with E-state index >= 15 is 0 Å². The number of unbranched alkanes of at least 4 members (excludes halogenated alkanes) is 2. The van der Waals surface area contributed by atoms with Crippen molar-refractivity contribution >= 4 is 13.6 Å². The Morgan fingerprint density at radius 1 is 1.35 bits per heavy atom. The van der Waals surface area contributed by atoms with Gasteiger partial charge in [-0.25, -0.2) is 0 Å². The second kappa shape index (κ2) is 7.82. The molecule has 0 fully saturated rings. The molecule has 0 saturated heterocycles. The fourth-order valence-corrected chi connectivity index (χ4v) is 2.75. The zero-order valence-corrected chi connectivity index (χ0v) is 11.2. The number of carboxylic acid groups (broad SMARTS) is 1. The largest absolute Gasteiger partial charge is 0.480 e. The van der Waals surface area contributed by atoms with E-state index in [1.165, 1.54) is 0 Å². The third-order valence-corrected chi connectivity index (χ3v) is 3.78. The standard InChI is InChI=1S/C10H22NO5P/c1-8(2)16-17(14,15)7-5-3-4-6-9(11)10(12)13/h8-9H,3-7,11H2,1-2H3,(H,12,13)(H,14,15). The summed E-state index contributed by atoms with van der Waals surface area (Å²) in [6, 6.07) is -0.845. The van der Waals surface area contributed by atoms with Crippen molar-refractivity contribution in [3.05, 3.63) is 0 Å². The van der Waals surface area contributed by atoms with Crippen LogP contribution in [0.1, 0.15) is 39.5 Å². The lowest BCUT2D eigenvalue weighted by atomic mass is 10.1. The molecule has 0 aliphatic heterocycles. The third-order valence-electron chi connectivity index (χ3n) is 2.15. The molecule has 0 amide bonds. The summed E-state index contributed by atoms with van der Waals surface area (Å²) in [6.07, 6.45) is 2.06. The summed E-state index contributed by atoms with van der Waals surface area (Å²) < 4.78 is 16.3. The Morgan fingerprint density at radius 3 is 2.41 bits per heavy atom. The van der Waals surface area contributed by atoms with E-state index in [0.717, 1.165) is 0 Å². The van der Waals surface area contributed by atoms with Crippen LogP contribution < -0.4 is 5.73 Å². The van der Waals surface area contributed by atoms with Crippen molar-refractivity contribution in [3.63, 3.8) is 0 Å². The quantitative estimate of drug-likeness (QED) is 0.432. The molecule has 0 spiro atoms. The van der Waals surface area contributed by atoms with E-state index in [1.54, 1.807) is 13.8 Å². The van der Waals surface area contributed by atoms with E-state index in [0.29, 0.717) is 25.7 Å². The molecule has 2 atom stereocenters. The number of carboxylic acids is 1. The highest BCUT2D eigenvalue weighted by Gasteiger charge is 2.20. The minimum absolute atomic E-state index is 0.105. The normalized spacial score (nSPS) is 16.8. The summed E-state index contributed by atoms with van der Waals surface area (Å²) in [7, 11) is -3.48. The van der Waals surface area contributed by atoms with Crippen LogP contribution in [0, 0.1) is 0 Å². The monoisotopic (exact) mass is 267 g/mol. The maximum Gasteiger partial charge on any atom is 0.328 e. The average Bonchev–Trinajstić information content (AvgIpc) is 2.14. The average molecular weight is 267 g/mol. The van der Waals surface area contributed by atoms with E-state index in [1.807, 2.05) is 0 Å². The van der Waals surface area contributed by atoms with Crippen LogP contribution in [0.4, 0.5) is 0 Å². The van der Waals surface area contributed by atoms with Gasteiger partial charge in [0, 0.05) is 6.16 Å². The smallest absolute Gasteiger partial charge is 0.328 e. The van der Waals surface area contributed by atoms with Crippen LogP contribution in [0.25, 0.3) is 0 Å². The number of aliphatic carboxylic acids is 1. The third kappa shape index (κ3) is 9.30. The molecule has 0 rings (SSSR count). The molecule has 0 radical (unpaired) electrons. The Hall–Kier alpha value is -0.420. The molecule has 0 aromatic rings. The molecule has 4 N–H and O–H groups in total. The molecule has 0 bridgehead atoms. The van der Waals surface area contributed by atoms with Crippen LogP contribution in [0.2, 0.25) is 0 Å². The number of hydrogen-bond acceptors (Lipinski definition) is 4. The summed E-state index contributed by atoms with van der Waals surface area (Å²) in [4.78, 5) is 19.8. The van der Waals surface area contributed by atoms with Gasteiger partial charge in [0.15, 0.2) is 0 Å². The Labute approximate surface area is 102 Å². The Morgan fingerprint density at radius 2 is 1.94 bits per heavy atom. The summed E-state index contributed by atoms with van der Waals surface area (Å²) >= 11 is 0. The van der Waals surface area contributed by atoms with Crippen molar-refractivity contribution < 1.29 is 23.9 Å². The highest BCUT2D eigenvalue weighted by Crippen LogP contribution is 2.44. The minimum Gasteiger partial charge on any atom is -0.480 e. The van der Waals surface area contributed by atoms with Crippen molar-refractivity contribution in [3.8, 4) is 0 Å². The van der Waals surface area contributed by atoms with Gasteiger partial charge < -0.3 is 20.3 Å². The van der Waals surface area contributed by atoms with Gasteiger partial charge in [0.1, 0.15) is 6.04 Å². The van der Waals surface area contributed by atoms with Gasteiger partial charge in [-0.1, -0.05) is 12.8 Å². The van der Waals surface area contributed by atoms with Gasteiger partial charge in [-0.05, 0) is 26.7 Å². The lowest BCUT2D eigenvalue weighted by molar-refractivity contribution is -0.138. The summed E-state index contributed by atoms with van der Waals surface area (Å²) in [6.45, 7) is 3.41. The van der Waals surface area contributed by atoms with Crippen LogP contribution in [0.3, 0.4) is 0 Å². The number of carbonyl (C=O) groups is 1. The van der Waals surface area contributed by atoms with E-state index in [9.17, 15) is 14.3 Å². The number of hydrogen-bond donors (Lipinski definition) is 3. The van der Waals surface area contributed by atoms with Crippen molar-refractivity contribution in [1.82, 2.24) is 0 Å². The van der Waals surface area contributed by atoms with E-state index in [-0.39, 0.29) is 12.3 Å². The molecular formula is C10H22NO5P.